The SMILES string of the molecule is COc1cc(/C=N/N=C(N)NO)cc(OC)c1OC. The van der Waals surface area contributed by atoms with Gasteiger partial charge >= 0.3 is 0 Å². The molecule has 0 atom stereocenters. The lowest BCUT2D eigenvalue weighted by Crippen LogP contribution is -2.27. The van der Waals surface area contributed by atoms with Gasteiger partial charge in [-0.15, -0.1) is 5.10 Å². The zero-order chi connectivity index (χ0) is 14.3. The van der Waals surface area contributed by atoms with Crippen LogP contribution in [0, 0.1) is 0 Å². The van der Waals surface area contributed by atoms with Crippen molar-refractivity contribution in [3.05, 3.63) is 17.7 Å². The van der Waals surface area contributed by atoms with Crippen molar-refractivity contribution in [1.82, 2.24) is 5.48 Å². The molecule has 0 bridgehead atoms. The Balaban J connectivity index is 3.09. The Labute approximate surface area is 110 Å². The van der Waals surface area contributed by atoms with Gasteiger partial charge in [-0.1, -0.05) is 0 Å². The summed E-state index contributed by atoms with van der Waals surface area (Å²) in [6, 6.07) is 3.39. The standard InChI is InChI=1S/C11H16N4O4/c1-17-8-4-7(6-13-14-11(12)15-16)5-9(18-2)10(8)19-3/h4-6,16H,1-3H3,(H3,12,14,15)/b13-6+. The number of hydrogen-bond acceptors (Lipinski definition) is 6. The van der Waals surface area contributed by atoms with Crippen LogP contribution in [-0.4, -0.2) is 38.7 Å². The Morgan fingerprint density at radius 3 is 2.21 bits per heavy atom. The zero-order valence-electron chi connectivity index (χ0n) is 10.9. The van der Waals surface area contributed by atoms with E-state index in [2.05, 4.69) is 10.2 Å². The molecule has 0 saturated carbocycles. The second-order valence-electron chi connectivity index (χ2n) is 3.30. The van der Waals surface area contributed by atoms with Gasteiger partial charge in [0.25, 0.3) is 0 Å². The summed E-state index contributed by atoms with van der Waals surface area (Å²) in [5, 5.41) is 15.6. The normalized spacial score (nSPS) is 11.5. The van der Waals surface area contributed by atoms with Crippen molar-refractivity contribution in [3.63, 3.8) is 0 Å². The third-order valence-electron chi connectivity index (χ3n) is 2.17. The van der Waals surface area contributed by atoms with E-state index in [4.69, 9.17) is 25.2 Å². The van der Waals surface area contributed by atoms with Crippen molar-refractivity contribution in [1.29, 1.82) is 0 Å². The maximum absolute atomic E-state index is 8.43. The monoisotopic (exact) mass is 268 g/mol. The minimum absolute atomic E-state index is 0.219. The summed E-state index contributed by atoms with van der Waals surface area (Å²) in [6.07, 6.45) is 1.43. The van der Waals surface area contributed by atoms with Crippen molar-refractivity contribution >= 4 is 12.2 Å². The first kappa shape index (κ1) is 14.6. The second-order valence-corrected chi connectivity index (χ2v) is 3.30. The maximum Gasteiger partial charge on any atom is 0.237 e. The molecule has 104 valence electrons. The van der Waals surface area contributed by atoms with Crippen LogP contribution in [0.25, 0.3) is 0 Å². The molecule has 0 amide bonds. The number of nitrogens with one attached hydrogen (secondary N) is 1. The van der Waals surface area contributed by atoms with Crippen LogP contribution in [0.4, 0.5) is 0 Å². The molecule has 8 nitrogen and oxygen atoms in total. The van der Waals surface area contributed by atoms with Gasteiger partial charge in [0.1, 0.15) is 0 Å². The fraction of sp³-hybridized carbons (Fsp3) is 0.273. The summed E-state index contributed by atoms with van der Waals surface area (Å²) in [5.74, 6) is 1.27. The fourth-order valence-electron chi connectivity index (χ4n) is 1.36. The van der Waals surface area contributed by atoms with E-state index < -0.39 is 0 Å². The van der Waals surface area contributed by atoms with Gasteiger partial charge in [0.05, 0.1) is 27.5 Å². The maximum atomic E-state index is 8.43. The summed E-state index contributed by atoms with van der Waals surface area (Å²) in [4.78, 5) is 0. The third-order valence-corrected chi connectivity index (χ3v) is 2.17. The highest BCUT2D eigenvalue weighted by Crippen LogP contribution is 2.37. The Hall–Kier alpha value is -2.48. The molecule has 0 aromatic heterocycles. The van der Waals surface area contributed by atoms with Gasteiger partial charge in [0.2, 0.25) is 11.7 Å². The number of methoxy groups -OCH3 is 3. The van der Waals surface area contributed by atoms with Crippen LogP contribution in [0.2, 0.25) is 0 Å². The number of rotatable bonds is 5. The summed E-state index contributed by atoms with van der Waals surface area (Å²) < 4.78 is 15.6. The molecule has 19 heavy (non-hydrogen) atoms. The number of ether oxygens (including phenoxy) is 3. The number of hydrogen-bond donors (Lipinski definition) is 3. The largest absolute Gasteiger partial charge is 0.493 e. The lowest BCUT2D eigenvalue weighted by molar-refractivity contribution is 0.232. The minimum atomic E-state index is -0.219. The number of nitrogens with two attached hydrogens (primary N) is 1. The highest BCUT2D eigenvalue weighted by molar-refractivity contribution is 5.83. The van der Waals surface area contributed by atoms with Gasteiger partial charge in [0.15, 0.2) is 11.5 Å². The van der Waals surface area contributed by atoms with E-state index in [1.54, 1.807) is 17.6 Å². The molecule has 0 spiro atoms. The first-order chi connectivity index (χ1) is 9.15. The van der Waals surface area contributed by atoms with Crippen molar-refractivity contribution < 1.29 is 19.4 Å². The first-order valence-corrected chi connectivity index (χ1v) is 5.22. The summed E-state index contributed by atoms with van der Waals surface area (Å²) >= 11 is 0. The first-order valence-electron chi connectivity index (χ1n) is 5.22. The molecule has 4 N–H and O–H groups in total. The van der Waals surface area contributed by atoms with E-state index in [0.29, 0.717) is 22.8 Å². The summed E-state index contributed by atoms with van der Waals surface area (Å²) in [5.41, 5.74) is 7.53. The molecule has 0 fully saturated rings. The molecule has 1 aromatic carbocycles. The van der Waals surface area contributed by atoms with Gasteiger partial charge in [-0.05, 0) is 12.1 Å². The van der Waals surface area contributed by atoms with E-state index in [-0.39, 0.29) is 5.96 Å². The molecule has 8 heteroatoms. The van der Waals surface area contributed by atoms with Crippen LogP contribution < -0.4 is 25.4 Å². The minimum Gasteiger partial charge on any atom is -0.493 e. The van der Waals surface area contributed by atoms with E-state index in [1.165, 1.54) is 27.5 Å². The topological polar surface area (TPSA) is 111 Å². The molecule has 0 aliphatic carbocycles. The molecule has 0 heterocycles. The second kappa shape index (κ2) is 7.07. The van der Waals surface area contributed by atoms with Gasteiger partial charge in [-0.25, -0.2) is 5.48 Å². The Kier molecular flexibility index (Phi) is 5.42. The van der Waals surface area contributed by atoms with Crippen molar-refractivity contribution in [2.24, 2.45) is 15.9 Å². The molecule has 1 aromatic rings. The predicted octanol–water partition coefficient (Wildman–Crippen LogP) is 0.340. The predicted molar refractivity (Wildman–Crippen MR) is 70.2 cm³/mol. The molecular weight excluding hydrogens is 252 g/mol. The van der Waals surface area contributed by atoms with E-state index in [0.717, 1.165) is 0 Å². The Morgan fingerprint density at radius 2 is 1.79 bits per heavy atom. The van der Waals surface area contributed by atoms with Gasteiger partial charge in [-0.3, -0.25) is 5.21 Å². The number of guanidine groups is 1. The molecule has 0 aliphatic rings. The van der Waals surface area contributed by atoms with Gasteiger partial charge in [0, 0.05) is 5.56 Å². The smallest absolute Gasteiger partial charge is 0.237 e. The van der Waals surface area contributed by atoms with E-state index in [1.807, 2.05) is 0 Å². The highest BCUT2D eigenvalue weighted by atomic mass is 16.5. The molecule has 0 unspecified atom stereocenters. The van der Waals surface area contributed by atoms with Crippen molar-refractivity contribution in [3.8, 4) is 17.2 Å². The molecule has 0 radical (unpaired) electrons. The van der Waals surface area contributed by atoms with Gasteiger partial charge < -0.3 is 19.9 Å². The van der Waals surface area contributed by atoms with Crippen LogP contribution in [0.1, 0.15) is 5.56 Å². The van der Waals surface area contributed by atoms with Crippen molar-refractivity contribution in [2.75, 3.05) is 21.3 Å². The quantitative estimate of drug-likeness (QED) is 0.403. The van der Waals surface area contributed by atoms with Crippen molar-refractivity contribution in [2.45, 2.75) is 0 Å². The fourth-order valence-corrected chi connectivity index (χ4v) is 1.36. The summed E-state index contributed by atoms with van der Waals surface area (Å²) in [7, 11) is 4.56. The summed E-state index contributed by atoms with van der Waals surface area (Å²) in [6.45, 7) is 0. The Morgan fingerprint density at radius 1 is 1.21 bits per heavy atom. The average molecular weight is 268 g/mol. The van der Waals surface area contributed by atoms with Crippen LogP contribution in [0.3, 0.4) is 0 Å². The lowest BCUT2D eigenvalue weighted by Gasteiger charge is -2.12. The van der Waals surface area contributed by atoms with Crippen LogP contribution in [0.15, 0.2) is 22.3 Å². The highest BCUT2D eigenvalue weighted by Gasteiger charge is 2.12. The van der Waals surface area contributed by atoms with Gasteiger partial charge in [-0.2, -0.15) is 5.10 Å². The van der Waals surface area contributed by atoms with E-state index >= 15 is 0 Å². The number of nitrogens with zero attached hydrogens (tertiary/aromatic N) is 2. The number of hydroxylamine groups is 1. The zero-order valence-corrected chi connectivity index (χ0v) is 10.9. The van der Waals surface area contributed by atoms with E-state index in [9.17, 15) is 0 Å². The molecule has 0 saturated heterocycles. The third kappa shape index (κ3) is 3.75. The van der Waals surface area contributed by atoms with Crippen LogP contribution in [0.5, 0.6) is 17.2 Å². The molecule has 0 aliphatic heterocycles. The molecule has 1 rings (SSSR count). The molecular formula is C11H16N4O4. The van der Waals surface area contributed by atoms with Crippen LogP contribution >= 0.6 is 0 Å². The van der Waals surface area contributed by atoms with Crippen LogP contribution in [-0.2, 0) is 0 Å². The Bertz CT molecular complexity index is 463. The lowest BCUT2D eigenvalue weighted by atomic mass is 10.2. The number of benzene rings is 1. The average Bonchev–Trinajstić information content (AvgIpc) is 2.45.